The number of likely N-dealkylation sites (tertiary alicyclic amines) is 1. The summed E-state index contributed by atoms with van der Waals surface area (Å²) in [7, 11) is 0. The lowest BCUT2D eigenvalue weighted by molar-refractivity contribution is 0.104. The van der Waals surface area contributed by atoms with Crippen LogP contribution in [0, 0.1) is 5.82 Å². The van der Waals surface area contributed by atoms with E-state index in [1.54, 1.807) is 35.4 Å². The van der Waals surface area contributed by atoms with Crippen LogP contribution in [0.1, 0.15) is 19.8 Å². The molecule has 0 bridgehead atoms. The molecule has 1 fully saturated rings. The maximum absolute atomic E-state index is 14.7. The molecule has 1 aliphatic rings. The maximum atomic E-state index is 14.7. The molecule has 0 spiro atoms. The number of benzene rings is 2. The van der Waals surface area contributed by atoms with Crippen molar-refractivity contribution in [2.75, 3.05) is 25.0 Å². The van der Waals surface area contributed by atoms with Gasteiger partial charge in [-0.3, -0.25) is 0 Å². The van der Waals surface area contributed by atoms with Gasteiger partial charge in [-0.05, 0) is 67.2 Å². The number of pyridine rings is 1. The van der Waals surface area contributed by atoms with Crippen molar-refractivity contribution in [2.24, 2.45) is 0 Å². The number of piperidine rings is 1. The first-order valence-corrected chi connectivity index (χ1v) is 11.0. The van der Waals surface area contributed by atoms with Crippen LogP contribution >= 0.6 is 0 Å². The largest absolute Gasteiger partial charge is 0.490 e. The monoisotopic (exact) mass is 431 g/mol. The van der Waals surface area contributed by atoms with Crippen LogP contribution in [0.3, 0.4) is 0 Å². The Kier molecular flexibility index (Phi) is 5.73. The number of halogens is 1. The Balaban J connectivity index is 1.32. The summed E-state index contributed by atoms with van der Waals surface area (Å²) in [5.41, 5.74) is 1.03. The van der Waals surface area contributed by atoms with Crippen molar-refractivity contribution in [3.63, 3.8) is 0 Å². The molecule has 1 aliphatic heterocycles. The van der Waals surface area contributed by atoms with Crippen molar-refractivity contribution < 1.29 is 9.13 Å². The van der Waals surface area contributed by atoms with E-state index in [9.17, 15) is 4.39 Å². The minimum absolute atomic E-state index is 0.247. The minimum Gasteiger partial charge on any atom is -0.490 e. The molecule has 6 nitrogen and oxygen atoms in total. The van der Waals surface area contributed by atoms with Crippen molar-refractivity contribution in [1.82, 2.24) is 19.7 Å². The second-order valence-corrected chi connectivity index (χ2v) is 8.07. The molecule has 0 amide bonds. The zero-order valence-electron chi connectivity index (χ0n) is 18.0. The van der Waals surface area contributed by atoms with Gasteiger partial charge in [0.25, 0.3) is 0 Å². The highest BCUT2D eigenvalue weighted by Crippen LogP contribution is 2.27. The number of nitrogens with zero attached hydrogens (tertiary/aromatic N) is 4. The van der Waals surface area contributed by atoms with E-state index in [0.29, 0.717) is 17.2 Å². The molecule has 7 heteroatoms. The Bertz CT molecular complexity index is 1200. The van der Waals surface area contributed by atoms with Gasteiger partial charge in [-0.25, -0.2) is 14.1 Å². The first-order chi connectivity index (χ1) is 15.7. The van der Waals surface area contributed by atoms with Gasteiger partial charge in [0.1, 0.15) is 23.5 Å². The molecule has 0 atom stereocenters. The molecule has 2 aromatic heterocycles. The van der Waals surface area contributed by atoms with E-state index in [-0.39, 0.29) is 11.9 Å². The van der Waals surface area contributed by atoms with Gasteiger partial charge in [0.15, 0.2) is 0 Å². The SMILES string of the molecule is CCN1CCC(Oc2ccc3cnc(Nc4ccc(-n5cccn5)cc4F)cc3c2)CC1. The quantitative estimate of drug-likeness (QED) is 0.457. The van der Waals surface area contributed by atoms with Crippen LogP contribution in [0.25, 0.3) is 16.5 Å². The molecule has 2 aromatic carbocycles. The van der Waals surface area contributed by atoms with Crippen molar-refractivity contribution in [2.45, 2.75) is 25.9 Å². The van der Waals surface area contributed by atoms with E-state index in [1.165, 1.54) is 6.07 Å². The summed E-state index contributed by atoms with van der Waals surface area (Å²) in [6, 6.07) is 14.7. The van der Waals surface area contributed by atoms with Gasteiger partial charge in [-0.15, -0.1) is 0 Å². The summed E-state index contributed by atoms with van der Waals surface area (Å²) in [6.07, 6.45) is 7.56. The normalized spacial score (nSPS) is 15.2. The fourth-order valence-corrected chi connectivity index (χ4v) is 4.10. The molecule has 3 heterocycles. The van der Waals surface area contributed by atoms with Crippen molar-refractivity contribution in [3.8, 4) is 11.4 Å². The van der Waals surface area contributed by atoms with Crippen molar-refractivity contribution >= 4 is 22.3 Å². The van der Waals surface area contributed by atoms with Crippen LogP contribution in [0.15, 0.2) is 67.1 Å². The first kappa shape index (κ1) is 20.5. The zero-order chi connectivity index (χ0) is 21.9. The van der Waals surface area contributed by atoms with Crippen LogP contribution < -0.4 is 10.1 Å². The first-order valence-electron chi connectivity index (χ1n) is 11.0. The van der Waals surface area contributed by atoms with E-state index in [2.05, 4.69) is 27.2 Å². The average molecular weight is 432 g/mol. The summed E-state index contributed by atoms with van der Waals surface area (Å²) in [5, 5.41) is 9.24. The van der Waals surface area contributed by atoms with Gasteiger partial charge in [-0.2, -0.15) is 5.10 Å². The highest BCUT2D eigenvalue weighted by Gasteiger charge is 2.19. The third-order valence-corrected chi connectivity index (χ3v) is 5.96. The third-order valence-electron chi connectivity index (χ3n) is 5.96. The van der Waals surface area contributed by atoms with E-state index in [0.717, 1.165) is 49.0 Å². The fraction of sp³-hybridized carbons (Fsp3) is 0.280. The van der Waals surface area contributed by atoms with Gasteiger partial charge < -0.3 is 15.0 Å². The standard InChI is InChI=1S/C25H26FN5O/c1-2-30-12-8-21(9-13-30)32-22-6-4-18-17-27-25(15-19(18)14-22)29-24-7-5-20(16-23(24)26)31-11-3-10-28-31/h3-7,10-11,14-17,21H,2,8-9,12-13H2,1H3,(H,27,29). The summed E-state index contributed by atoms with van der Waals surface area (Å²) in [5.74, 6) is 1.08. The highest BCUT2D eigenvalue weighted by molar-refractivity contribution is 5.85. The molecule has 1 N–H and O–H groups in total. The average Bonchev–Trinajstić information content (AvgIpc) is 3.36. The van der Waals surface area contributed by atoms with Gasteiger partial charge >= 0.3 is 0 Å². The molecule has 0 aliphatic carbocycles. The van der Waals surface area contributed by atoms with Gasteiger partial charge in [0, 0.05) is 43.1 Å². The lowest BCUT2D eigenvalue weighted by Crippen LogP contribution is -2.37. The Morgan fingerprint density at radius 1 is 1.09 bits per heavy atom. The van der Waals surface area contributed by atoms with Crippen molar-refractivity contribution in [3.05, 3.63) is 72.9 Å². The summed E-state index contributed by atoms with van der Waals surface area (Å²) in [6.45, 7) is 5.46. The molecule has 32 heavy (non-hydrogen) atoms. The number of nitrogens with one attached hydrogen (secondary N) is 1. The molecule has 4 aromatic rings. The smallest absolute Gasteiger partial charge is 0.148 e. The number of aromatic nitrogens is 3. The van der Waals surface area contributed by atoms with Crippen LogP contribution in [0.5, 0.6) is 5.75 Å². The topological polar surface area (TPSA) is 55.2 Å². The molecular formula is C25H26FN5O. The summed E-state index contributed by atoms with van der Waals surface area (Å²) < 4.78 is 22.5. The highest BCUT2D eigenvalue weighted by atomic mass is 19.1. The zero-order valence-corrected chi connectivity index (χ0v) is 18.0. The number of ether oxygens (including phenoxy) is 1. The Hall–Kier alpha value is -3.45. The minimum atomic E-state index is -0.365. The molecule has 164 valence electrons. The fourth-order valence-electron chi connectivity index (χ4n) is 4.10. The van der Waals surface area contributed by atoms with Gasteiger partial charge in [-0.1, -0.05) is 6.92 Å². The lowest BCUT2D eigenvalue weighted by Gasteiger charge is -2.31. The van der Waals surface area contributed by atoms with E-state index in [1.807, 2.05) is 30.3 Å². The predicted molar refractivity (Wildman–Crippen MR) is 124 cm³/mol. The van der Waals surface area contributed by atoms with E-state index in [4.69, 9.17) is 4.74 Å². The number of hydrogen-bond donors (Lipinski definition) is 1. The van der Waals surface area contributed by atoms with Crippen LogP contribution in [-0.4, -0.2) is 45.4 Å². The molecule has 1 saturated heterocycles. The van der Waals surface area contributed by atoms with Gasteiger partial charge in [0.2, 0.25) is 0 Å². The Labute approximate surface area is 186 Å². The van der Waals surface area contributed by atoms with E-state index >= 15 is 0 Å². The van der Waals surface area contributed by atoms with Gasteiger partial charge in [0.05, 0.1) is 11.4 Å². The number of anilines is 2. The number of hydrogen-bond acceptors (Lipinski definition) is 5. The van der Waals surface area contributed by atoms with Crippen LogP contribution in [0.2, 0.25) is 0 Å². The molecule has 0 saturated carbocycles. The molecular weight excluding hydrogens is 405 g/mol. The van der Waals surface area contributed by atoms with Crippen LogP contribution in [0.4, 0.5) is 15.9 Å². The summed E-state index contributed by atoms with van der Waals surface area (Å²) >= 11 is 0. The molecule has 5 rings (SSSR count). The number of rotatable bonds is 6. The maximum Gasteiger partial charge on any atom is 0.148 e. The molecule has 0 radical (unpaired) electrons. The second-order valence-electron chi connectivity index (χ2n) is 8.07. The van der Waals surface area contributed by atoms with E-state index < -0.39 is 0 Å². The number of fused-ring (bicyclic) bond motifs is 1. The van der Waals surface area contributed by atoms with Crippen LogP contribution in [-0.2, 0) is 0 Å². The Morgan fingerprint density at radius 3 is 2.72 bits per heavy atom. The summed E-state index contributed by atoms with van der Waals surface area (Å²) in [4.78, 5) is 6.89. The molecule has 0 unspecified atom stereocenters. The Morgan fingerprint density at radius 2 is 1.97 bits per heavy atom. The predicted octanol–water partition coefficient (Wildman–Crippen LogP) is 5.17. The third kappa shape index (κ3) is 4.43. The van der Waals surface area contributed by atoms with Crippen molar-refractivity contribution in [1.29, 1.82) is 0 Å². The second kappa shape index (κ2) is 8.96. The lowest BCUT2D eigenvalue weighted by atomic mass is 10.1.